The third-order valence-corrected chi connectivity index (χ3v) is 4.52. The van der Waals surface area contributed by atoms with E-state index in [9.17, 15) is 8.42 Å². The molecule has 0 unspecified atom stereocenters. The molecule has 0 aliphatic carbocycles. The second kappa shape index (κ2) is 5.35. The maximum absolute atomic E-state index is 11.8. The van der Waals surface area contributed by atoms with E-state index >= 15 is 0 Å². The molecule has 0 spiro atoms. The van der Waals surface area contributed by atoms with E-state index in [0.717, 1.165) is 15.6 Å². The third-order valence-electron chi connectivity index (χ3n) is 3.07. The van der Waals surface area contributed by atoms with Gasteiger partial charge >= 0.3 is 10.2 Å². The van der Waals surface area contributed by atoms with Crippen molar-refractivity contribution in [1.82, 2.24) is 24.1 Å². The lowest BCUT2D eigenvalue weighted by molar-refractivity contribution is 0.527. The van der Waals surface area contributed by atoms with Crippen LogP contribution in [0.1, 0.15) is 0 Å². The fourth-order valence-electron chi connectivity index (χ4n) is 1.83. The first-order chi connectivity index (χ1) is 10.5. The highest BCUT2D eigenvalue weighted by Crippen LogP contribution is 2.20. The molecule has 2 heterocycles. The van der Waals surface area contributed by atoms with Crippen molar-refractivity contribution < 1.29 is 8.42 Å². The second-order valence-corrected chi connectivity index (χ2v) is 6.70. The van der Waals surface area contributed by atoms with Crippen molar-refractivity contribution in [3.8, 4) is 11.3 Å². The van der Waals surface area contributed by atoms with Gasteiger partial charge in [0.25, 0.3) is 0 Å². The Kier molecular flexibility index (Phi) is 3.51. The summed E-state index contributed by atoms with van der Waals surface area (Å²) < 4.78 is 28.7. The molecule has 0 amide bonds. The van der Waals surface area contributed by atoms with E-state index in [1.807, 2.05) is 12.1 Å². The van der Waals surface area contributed by atoms with Gasteiger partial charge in [0.15, 0.2) is 5.65 Å². The Balaban J connectivity index is 1.87. The topological polar surface area (TPSA) is 92.5 Å². The number of anilines is 1. The molecule has 0 atom stereocenters. The largest absolute Gasteiger partial charge is 0.301 e. The normalized spacial score (nSPS) is 12.0. The van der Waals surface area contributed by atoms with E-state index in [2.05, 4.69) is 20.0 Å². The van der Waals surface area contributed by atoms with Crippen LogP contribution >= 0.6 is 0 Å². The second-order valence-electron chi connectivity index (χ2n) is 4.82. The highest BCUT2D eigenvalue weighted by Gasteiger charge is 2.12. The van der Waals surface area contributed by atoms with Crippen LogP contribution in [0.4, 0.5) is 5.69 Å². The van der Waals surface area contributed by atoms with E-state index in [1.165, 1.54) is 20.4 Å². The fourth-order valence-corrected chi connectivity index (χ4v) is 2.45. The number of benzene rings is 1. The van der Waals surface area contributed by atoms with Gasteiger partial charge in [-0.1, -0.05) is 12.1 Å². The molecule has 8 nitrogen and oxygen atoms in total. The van der Waals surface area contributed by atoms with Crippen LogP contribution in [0.15, 0.2) is 42.7 Å². The van der Waals surface area contributed by atoms with Crippen LogP contribution in [0.3, 0.4) is 0 Å². The minimum absolute atomic E-state index is 0.489. The predicted molar refractivity (Wildman–Crippen MR) is 82.4 cm³/mol. The number of aromatic nitrogens is 4. The van der Waals surface area contributed by atoms with Crippen molar-refractivity contribution in [3.05, 3.63) is 42.7 Å². The lowest BCUT2D eigenvalue weighted by Gasteiger charge is -2.13. The molecule has 0 aliphatic rings. The molecule has 1 aromatic carbocycles. The minimum Gasteiger partial charge on any atom is -0.271 e. The molecule has 114 valence electrons. The third kappa shape index (κ3) is 2.76. The van der Waals surface area contributed by atoms with E-state index in [1.54, 1.807) is 28.8 Å². The summed E-state index contributed by atoms with van der Waals surface area (Å²) in [5, 5.41) is 12.1. The van der Waals surface area contributed by atoms with Gasteiger partial charge < -0.3 is 0 Å². The Morgan fingerprint density at radius 2 is 1.82 bits per heavy atom. The average Bonchev–Trinajstić information content (AvgIpc) is 2.95. The zero-order valence-corrected chi connectivity index (χ0v) is 12.8. The van der Waals surface area contributed by atoms with Crippen molar-refractivity contribution in [2.45, 2.75) is 0 Å². The van der Waals surface area contributed by atoms with Crippen molar-refractivity contribution in [2.24, 2.45) is 0 Å². The molecule has 0 saturated heterocycles. The summed E-state index contributed by atoms with van der Waals surface area (Å²) in [6.07, 6.45) is 1.53. The molecular formula is C13H14N6O2S. The van der Waals surface area contributed by atoms with Gasteiger partial charge in [-0.3, -0.25) is 4.72 Å². The van der Waals surface area contributed by atoms with Crippen molar-refractivity contribution in [3.63, 3.8) is 0 Å². The Morgan fingerprint density at radius 3 is 2.50 bits per heavy atom. The number of hydrogen-bond donors (Lipinski definition) is 1. The van der Waals surface area contributed by atoms with E-state index in [0.29, 0.717) is 11.3 Å². The first-order valence-corrected chi connectivity index (χ1v) is 7.87. The average molecular weight is 318 g/mol. The lowest BCUT2D eigenvalue weighted by Crippen LogP contribution is -2.28. The number of hydrogen-bond acceptors (Lipinski definition) is 5. The Bertz CT molecular complexity index is 902. The molecule has 0 aliphatic heterocycles. The minimum atomic E-state index is -3.50. The number of fused-ring (bicyclic) bond motifs is 1. The number of nitrogens with one attached hydrogen (secondary N) is 1. The zero-order valence-electron chi connectivity index (χ0n) is 12.0. The Labute approximate surface area is 127 Å². The highest BCUT2D eigenvalue weighted by molar-refractivity contribution is 7.90. The van der Waals surface area contributed by atoms with Gasteiger partial charge in [-0.05, 0) is 24.3 Å². The predicted octanol–water partition coefficient (Wildman–Crippen LogP) is 1.01. The molecule has 2 aromatic heterocycles. The van der Waals surface area contributed by atoms with Crippen LogP contribution in [0.5, 0.6) is 0 Å². The summed E-state index contributed by atoms with van der Waals surface area (Å²) >= 11 is 0. The van der Waals surface area contributed by atoms with Gasteiger partial charge in [0.1, 0.15) is 6.33 Å². The standard InChI is InChI=1S/C13H14N6O2S/c1-18(2)22(20,21)17-11-5-3-10(4-6-11)12-7-8-13-15-14-9-19(13)16-12/h3-9,17H,1-2H3. The van der Waals surface area contributed by atoms with Gasteiger partial charge in [0, 0.05) is 25.3 Å². The van der Waals surface area contributed by atoms with Crippen LogP contribution in [0.25, 0.3) is 16.9 Å². The molecule has 3 rings (SSSR count). The van der Waals surface area contributed by atoms with Crippen LogP contribution in [0, 0.1) is 0 Å². The SMILES string of the molecule is CN(C)S(=O)(=O)Nc1ccc(-c2ccc3nncn3n2)cc1. The smallest absolute Gasteiger partial charge is 0.271 e. The maximum Gasteiger partial charge on any atom is 0.301 e. The summed E-state index contributed by atoms with van der Waals surface area (Å²) in [6, 6.07) is 10.6. The van der Waals surface area contributed by atoms with Crippen molar-refractivity contribution in [2.75, 3.05) is 18.8 Å². The van der Waals surface area contributed by atoms with Crippen LogP contribution in [0.2, 0.25) is 0 Å². The van der Waals surface area contributed by atoms with Crippen molar-refractivity contribution in [1.29, 1.82) is 0 Å². The van der Waals surface area contributed by atoms with Gasteiger partial charge in [0.05, 0.1) is 5.69 Å². The van der Waals surface area contributed by atoms with Gasteiger partial charge in [-0.15, -0.1) is 10.2 Å². The summed E-state index contributed by atoms with van der Waals surface area (Å²) in [4.78, 5) is 0. The van der Waals surface area contributed by atoms with Gasteiger partial charge in [-0.25, -0.2) is 0 Å². The first kappa shape index (κ1) is 14.4. The molecule has 0 fully saturated rings. The number of nitrogens with zero attached hydrogens (tertiary/aromatic N) is 5. The molecule has 22 heavy (non-hydrogen) atoms. The summed E-state index contributed by atoms with van der Waals surface area (Å²) in [5.41, 5.74) is 2.76. The molecular weight excluding hydrogens is 304 g/mol. The summed E-state index contributed by atoms with van der Waals surface area (Å²) in [6.45, 7) is 0. The fraction of sp³-hybridized carbons (Fsp3) is 0.154. The van der Waals surface area contributed by atoms with Crippen LogP contribution < -0.4 is 4.72 Å². The molecule has 0 radical (unpaired) electrons. The Morgan fingerprint density at radius 1 is 1.09 bits per heavy atom. The van der Waals surface area contributed by atoms with E-state index in [-0.39, 0.29) is 0 Å². The molecule has 3 aromatic rings. The number of rotatable bonds is 4. The molecule has 0 saturated carbocycles. The van der Waals surface area contributed by atoms with Gasteiger partial charge in [-0.2, -0.15) is 22.3 Å². The maximum atomic E-state index is 11.8. The summed E-state index contributed by atoms with van der Waals surface area (Å²) in [7, 11) is -0.568. The highest BCUT2D eigenvalue weighted by atomic mass is 32.2. The quantitative estimate of drug-likeness (QED) is 0.775. The lowest BCUT2D eigenvalue weighted by atomic mass is 10.1. The van der Waals surface area contributed by atoms with E-state index in [4.69, 9.17) is 0 Å². The zero-order chi connectivity index (χ0) is 15.7. The van der Waals surface area contributed by atoms with Gasteiger partial charge in [0.2, 0.25) is 0 Å². The van der Waals surface area contributed by atoms with E-state index < -0.39 is 10.2 Å². The molecule has 9 heteroatoms. The summed E-state index contributed by atoms with van der Waals surface area (Å²) in [5.74, 6) is 0. The molecule has 0 bridgehead atoms. The van der Waals surface area contributed by atoms with Crippen molar-refractivity contribution >= 4 is 21.5 Å². The Hall–Kier alpha value is -2.52. The molecule has 1 N–H and O–H groups in total. The van der Waals surface area contributed by atoms with Crippen LogP contribution in [-0.2, 0) is 10.2 Å². The monoisotopic (exact) mass is 318 g/mol. The first-order valence-electron chi connectivity index (χ1n) is 6.43. The van der Waals surface area contributed by atoms with Crippen LogP contribution in [-0.4, -0.2) is 46.6 Å².